The van der Waals surface area contributed by atoms with Gasteiger partial charge in [0, 0.05) is 26.9 Å². The fourth-order valence-corrected chi connectivity index (χ4v) is 6.87. The molecule has 0 aromatic carbocycles. The summed E-state index contributed by atoms with van der Waals surface area (Å²) < 4.78 is 17.1. The van der Waals surface area contributed by atoms with Crippen molar-refractivity contribution in [3.05, 3.63) is 0 Å². The van der Waals surface area contributed by atoms with Gasteiger partial charge in [0.05, 0.1) is 0 Å². The van der Waals surface area contributed by atoms with Crippen LogP contribution in [0.5, 0.6) is 0 Å². The molecule has 1 atom stereocenters. The molecule has 0 amide bonds. The Bertz CT molecular complexity index is 352. The van der Waals surface area contributed by atoms with Crippen molar-refractivity contribution in [2.24, 2.45) is 0 Å². The summed E-state index contributed by atoms with van der Waals surface area (Å²) in [5.41, 5.74) is 0.321. The van der Waals surface area contributed by atoms with Gasteiger partial charge in [-0.05, 0) is 38.9 Å². The van der Waals surface area contributed by atoms with Crippen molar-refractivity contribution >= 4 is 8.80 Å². The van der Waals surface area contributed by atoms with Gasteiger partial charge in [0.25, 0.3) is 0 Å². The van der Waals surface area contributed by atoms with Crippen molar-refractivity contribution in [3.63, 3.8) is 0 Å². The molecule has 0 spiro atoms. The Balaban J connectivity index is 4.31. The molecular formula is C27H59NO3Si. The lowest BCUT2D eigenvalue weighted by molar-refractivity contribution is 0.109. The van der Waals surface area contributed by atoms with Crippen LogP contribution in [0.2, 0.25) is 5.54 Å². The van der Waals surface area contributed by atoms with Crippen molar-refractivity contribution in [2.75, 3.05) is 41.0 Å². The molecule has 194 valence electrons. The highest BCUT2D eigenvalue weighted by Crippen LogP contribution is 2.27. The maximum atomic E-state index is 5.71. The molecule has 0 aliphatic carbocycles. The third kappa shape index (κ3) is 15.8. The van der Waals surface area contributed by atoms with Gasteiger partial charge in [-0.15, -0.1) is 0 Å². The lowest BCUT2D eigenvalue weighted by atomic mass is 10.1. The van der Waals surface area contributed by atoms with E-state index in [1.165, 1.54) is 116 Å². The molecule has 0 saturated heterocycles. The summed E-state index contributed by atoms with van der Waals surface area (Å²) in [5.74, 6) is 0. The van der Waals surface area contributed by atoms with Crippen molar-refractivity contribution in [1.82, 2.24) is 4.90 Å². The molecule has 0 fully saturated rings. The lowest BCUT2D eigenvalue weighted by Crippen LogP contribution is -2.47. The summed E-state index contributed by atoms with van der Waals surface area (Å²) in [6.45, 7) is 10.4. The van der Waals surface area contributed by atoms with Gasteiger partial charge in [-0.3, -0.25) is 0 Å². The summed E-state index contributed by atoms with van der Waals surface area (Å²) in [7, 11) is 2.66. The molecule has 0 saturated carbocycles. The highest BCUT2D eigenvalue weighted by atomic mass is 28.4. The second-order valence-electron chi connectivity index (χ2n) is 9.70. The Labute approximate surface area is 203 Å². The normalized spacial score (nSPS) is 13.2. The summed E-state index contributed by atoms with van der Waals surface area (Å²) in [6, 6.07) is 0. The maximum Gasteiger partial charge on any atom is 0.503 e. The van der Waals surface area contributed by atoms with E-state index in [0.29, 0.717) is 5.54 Å². The highest BCUT2D eigenvalue weighted by molar-refractivity contribution is 6.62. The van der Waals surface area contributed by atoms with Crippen molar-refractivity contribution in [1.29, 1.82) is 0 Å². The van der Waals surface area contributed by atoms with Crippen LogP contribution in [0.25, 0.3) is 0 Å². The predicted octanol–water partition coefficient (Wildman–Crippen LogP) is 8.23. The minimum atomic E-state index is -2.53. The second-order valence-corrected chi connectivity index (χ2v) is 13.1. The maximum absolute atomic E-state index is 5.71. The molecule has 1 unspecified atom stereocenters. The molecule has 32 heavy (non-hydrogen) atoms. The van der Waals surface area contributed by atoms with E-state index in [9.17, 15) is 0 Å². The van der Waals surface area contributed by atoms with E-state index in [0.717, 1.165) is 13.0 Å². The van der Waals surface area contributed by atoms with E-state index in [1.807, 2.05) is 0 Å². The molecule has 0 aliphatic heterocycles. The van der Waals surface area contributed by atoms with Gasteiger partial charge in [-0.25, -0.2) is 0 Å². The van der Waals surface area contributed by atoms with E-state index in [2.05, 4.69) is 25.7 Å². The molecule has 0 heterocycles. The molecule has 0 aromatic heterocycles. The van der Waals surface area contributed by atoms with Gasteiger partial charge in [0.2, 0.25) is 0 Å². The van der Waals surface area contributed by atoms with Crippen LogP contribution in [0.1, 0.15) is 130 Å². The van der Waals surface area contributed by atoms with Crippen molar-refractivity contribution in [3.8, 4) is 0 Å². The van der Waals surface area contributed by atoms with Crippen LogP contribution >= 0.6 is 0 Å². The van der Waals surface area contributed by atoms with Crippen LogP contribution in [-0.2, 0) is 13.3 Å². The average Bonchev–Trinajstić information content (AvgIpc) is 2.81. The van der Waals surface area contributed by atoms with E-state index < -0.39 is 8.80 Å². The number of unbranched alkanes of at least 4 members (excludes halogenated alkanes) is 14. The van der Waals surface area contributed by atoms with Crippen LogP contribution in [-0.4, -0.2) is 54.7 Å². The third-order valence-corrected chi connectivity index (χ3v) is 10.2. The Morgan fingerprint density at radius 2 is 0.875 bits per heavy atom. The van der Waals surface area contributed by atoms with E-state index in [4.69, 9.17) is 13.3 Å². The average molecular weight is 474 g/mol. The largest absolute Gasteiger partial charge is 0.503 e. The van der Waals surface area contributed by atoms with E-state index in [-0.39, 0.29) is 0 Å². The SMILES string of the molecule is CCCCCCCCCCN(CCCCCCCCCC)CCC(C)[Si](OC)(OC)OC. The van der Waals surface area contributed by atoms with Gasteiger partial charge < -0.3 is 18.2 Å². The predicted molar refractivity (Wildman–Crippen MR) is 142 cm³/mol. The van der Waals surface area contributed by atoms with Gasteiger partial charge in [0.15, 0.2) is 0 Å². The summed E-state index contributed by atoms with van der Waals surface area (Å²) in [4.78, 5) is 2.70. The van der Waals surface area contributed by atoms with Crippen molar-refractivity contribution in [2.45, 2.75) is 135 Å². The lowest BCUT2D eigenvalue weighted by Gasteiger charge is -2.32. The third-order valence-electron chi connectivity index (χ3n) is 6.99. The molecule has 0 bridgehead atoms. The van der Waals surface area contributed by atoms with Crippen LogP contribution in [0.3, 0.4) is 0 Å². The topological polar surface area (TPSA) is 30.9 Å². The minimum absolute atomic E-state index is 0.321. The molecule has 4 nitrogen and oxygen atoms in total. The summed E-state index contributed by atoms with van der Waals surface area (Å²) in [6.07, 6.45) is 23.3. The zero-order valence-electron chi connectivity index (χ0n) is 22.9. The Morgan fingerprint density at radius 3 is 1.22 bits per heavy atom. The summed E-state index contributed by atoms with van der Waals surface area (Å²) in [5, 5.41) is 0. The first kappa shape index (κ1) is 32.1. The monoisotopic (exact) mass is 473 g/mol. The van der Waals surface area contributed by atoms with E-state index >= 15 is 0 Å². The number of rotatable bonds is 25. The fraction of sp³-hybridized carbons (Fsp3) is 1.00. The number of hydrogen-bond donors (Lipinski definition) is 0. The molecular weight excluding hydrogens is 414 g/mol. The Morgan fingerprint density at radius 1 is 0.531 bits per heavy atom. The zero-order chi connectivity index (χ0) is 23.9. The Hall–Kier alpha value is 0.0569. The summed E-state index contributed by atoms with van der Waals surface area (Å²) >= 11 is 0. The molecule has 0 aliphatic rings. The molecule has 0 N–H and O–H groups in total. The van der Waals surface area contributed by atoms with Gasteiger partial charge in [0.1, 0.15) is 0 Å². The van der Waals surface area contributed by atoms with Crippen LogP contribution in [0, 0.1) is 0 Å². The standard InChI is InChI=1S/C27H59NO3Si/c1-7-9-11-13-15-17-19-21-24-28(25-22-20-18-16-14-12-10-8-2)26-23-27(3)32(29-4,30-5)31-6/h27H,7-26H2,1-6H3. The van der Waals surface area contributed by atoms with Crippen LogP contribution < -0.4 is 0 Å². The first-order valence-electron chi connectivity index (χ1n) is 14.0. The quantitative estimate of drug-likeness (QED) is 0.0986. The highest BCUT2D eigenvalue weighted by Gasteiger charge is 2.44. The minimum Gasteiger partial charge on any atom is -0.377 e. The molecule has 0 aromatic rings. The zero-order valence-corrected chi connectivity index (χ0v) is 23.9. The smallest absolute Gasteiger partial charge is 0.377 e. The van der Waals surface area contributed by atoms with Crippen LogP contribution in [0.4, 0.5) is 0 Å². The molecule has 0 radical (unpaired) electrons. The number of nitrogens with zero attached hydrogens (tertiary/aromatic N) is 1. The number of hydrogen-bond acceptors (Lipinski definition) is 4. The molecule has 0 rings (SSSR count). The van der Waals surface area contributed by atoms with Gasteiger partial charge in [-0.1, -0.05) is 111 Å². The Kier molecular flexibility index (Phi) is 22.9. The van der Waals surface area contributed by atoms with Gasteiger partial charge in [-0.2, -0.15) is 0 Å². The van der Waals surface area contributed by atoms with Crippen LogP contribution in [0.15, 0.2) is 0 Å². The second kappa shape index (κ2) is 22.8. The molecule has 5 heteroatoms. The first-order chi connectivity index (χ1) is 15.6. The van der Waals surface area contributed by atoms with Crippen molar-refractivity contribution < 1.29 is 13.3 Å². The first-order valence-corrected chi connectivity index (χ1v) is 15.8. The van der Waals surface area contributed by atoms with E-state index in [1.54, 1.807) is 21.3 Å². The van der Waals surface area contributed by atoms with Gasteiger partial charge >= 0.3 is 8.80 Å². The fourth-order valence-electron chi connectivity index (χ4n) is 4.68.